The molecule has 0 bridgehead atoms. The Labute approximate surface area is 414 Å². The molecule has 4 aromatic heterocycles. The molecule has 4 fully saturated rings. The number of carbonyl (C=O) groups is 2. The lowest BCUT2D eigenvalue weighted by atomic mass is 9.86. The molecule has 69 heavy (non-hydrogen) atoms. The van der Waals surface area contributed by atoms with Crippen LogP contribution in [0.5, 0.6) is 5.88 Å². The molecule has 378 valence electrons. The van der Waals surface area contributed by atoms with E-state index in [1.165, 1.54) is 64.2 Å². The van der Waals surface area contributed by atoms with E-state index < -0.39 is 0 Å². The summed E-state index contributed by atoms with van der Waals surface area (Å²) in [6.45, 7) is 33.3. The molecule has 0 spiro atoms. The molecule has 4 aromatic rings. The maximum absolute atomic E-state index is 13.2. The molecule has 0 aromatic carbocycles. The summed E-state index contributed by atoms with van der Waals surface area (Å²) in [6.07, 6.45) is 13.0. The van der Waals surface area contributed by atoms with Crippen molar-refractivity contribution >= 4 is 11.8 Å². The molecule has 0 radical (unpaired) electrons. The van der Waals surface area contributed by atoms with E-state index in [9.17, 15) is 9.59 Å². The number of amides is 2. The van der Waals surface area contributed by atoms with Crippen LogP contribution >= 0.6 is 0 Å². The van der Waals surface area contributed by atoms with Gasteiger partial charge in [0.25, 0.3) is 11.8 Å². The summed E-state index contributed by atoms with van der Waals surface area (Å²) in [5, 5.41) is 6.29. The summed E-state index contributed by atoms with van der Waals surface area (Å²) in [5.74, 6) is 2.38. The van der Waals surface area contributed by atoms with Crippen LogP contribution in [-0.2, 0) is 38.8 Å². The van der Waals surface area contributed by atoms with Gasteiger partial charge in [0.2, 0.25) is 5.88 Å². The number of nitrogens with one attached hydrogen (secondary N) is 2. The molecule has 2 amide bonds. The van der Waals surface area contributed by atoms with Gasteiger partial charge in [-0.2, -0.15) is 0 Å². The van der Waals surface area contributed by atoms with E-state index in [1.54, 1.807) is 0 Å². The van der Waals surface area contributed by atoms with Crippen LogP contribution in [0.2, 0.25) is 0 Å². The van der Waals surface area contributed by atoms with Crippen LogP contribution in [0.1, 0.15) is 190 Å². The van der Waals surface area contributed by atoms with Crippen molar-refractivity contribution < 1.29 is 23.8 Å². The molecule has 6 heterocycles. The van der Waals surface area contributed by atoms with Gasteiger partial charge in [0, 0.05) is 80.7 Å². The van der Waals surface area contributed by atoms with Gasteiger partial charge in [0.15, 0.2) is 0 Å². The molecule has 8 rings (SSSR count). The molecule has 4 aliphatic rings. The van der Waals surface area contributed by atoms with Crippen molar-refractivity contribution in [3.05, 3.63) is 76.0 Å². The number of hydrogen-bond acceptors (Lipinski definition) is 7. The maximum atomic E-state index is 13.2. The molecule has 2 N–H and O–H groups in total. The van der Waals surface area contributed by atoms with Crippen molar-refractivity contribution in [3.8, 4) is 28.4 Å². The second-order valence-corrected chi connectivity index (χ2v) is 24.4. The minimum absolute atomic E-state index is 0.00981. The monoisotopic (exact) mass is 947 g/mol. The Hall–Kier alpha value is -4.48. The third-order valence-corrected chi connectivity index (χ3v) is 14.6. The molecule has 0 atom stereocenters. The van der Waals surface area contributed by atoms with Crippen molar-refractivity contribution in [2.75, 3.05) is 33.0 Å². The summed E-state index contributed by atoms with van der Waals surface area (Å²) >= 11 is 0. The Kier molecular flexibility index (Phi) is 16.6. The van der Waals surface area contributed by atoms with Gasteiger partial charge in [-0.1, -0.05) is 115 Å². The highest BCUT2D eigenvalue weighted by molar-refractivity contribution is 5.98. The first-order valence-electron chi connectivity index (χ1n) is 26.4. The zero-order chi connectivity index (χ0) is 49.8. The van der Waals surface area contributed by atoms with Crippen LogP contribution in [0.25, 0.3) is 22.5 Å². The summed E-state index contributed by atoms with van der Waals surface area (Å²) < 4.78 is 21.4. The Morgan fingerprint density at radius 2 is 0.971 bits per heavy atom. The van der Waals surface area contributed by atoms with Gasteiger partial charge in [-0.05, 0) is 87.6 Å². The van der Waals surface area contributed by atoms with E-state index in [2.05, 4.69) is 140 Å². The van der Waals surface area contributed by atoms with Crippen LogP contribution < -0.4 is 15.4 Å². The van der Waals surface area contributed by atoms with Crippen LogP contribution in [0.15, 0.2) is 36.4 Å². The van der Waals surface area contributed by atoms with Gasteiger partial charge >= 0.3 is 0 Å². The number of hydrogen-bond donors (Lipinski definition) is 2. The quantitative estimate of drug-likeness (QED) is 0.137. The van der Waals surface area contributed by atoms with E-state index in [4.69, 9.17) is 24.2 Å². The van der Waals surface area contributed by atoms with E-state index in [1.807, 2.05) is 6.07 Å². The third kappa shape index (κ3) is 13.3. The first-order chi connectivity index (χ1) is 32.5. The van der Waals surface area contributed by atoms with Gasteiger partial charge in [-0.15, -0.1) is 0 Å². The van der Waals surface area contributed by atoms with Gasteiger partial charge in [-0.3, -0.25) is 14.6 Å². The van der Waals surface area contributed by atoms with E-state index in [-0.39, 0.29) is 40.1 Å². The van der Waals surface area contributed by atoms with E-state index >= 15 is 0 Å². The molecule has 11 heteroatoms. The largest absolute Gasteiger partial charge is 0.477 e. The predicted molar refractivity (Wildman–Crippen MR) is 279 cm³/mol. The Morgan fingerprint density at radius 1 is 0.594 bits per heavy atom. The SMILES string of the molecule is Cc1c(C(=O)NC2COC2)cc(-c2cc(C(C)(C)C)nc(C(C)(C)C)c2)n1CC1CCCCC1.Cc1c(C(=O)NC2COC2)cc(-c2cc(OCC(C)C)nc(C(C)(C)C)c2)n1CC1CCCCC1. The van der Waals surface area contributed by atoms with E-state index in [0.717, 1.165) is 75.2 Å². The minimum Gasteiger partial charge on any atom is -0.477 e. The second-order valence-electron chi connectivity index (χ2n) is 24.4. The fourth-order valence-electron chi connectivity index (χ4n) is 9.93. The van der Waals surface area contributed by atoms with Crippen LogP contribution in [0.3, 0.4) is 0 Å². The van der Waals surface area contributed by atoms with Crippen molar-refractivity contribution in [3.63, 3.8) is 0 Å². The summed E-state index contributed by atoms with van der Waals surface area (Å²) in [4.78, 5) is 36.3. The summed E-state index contributed by atoms with van der Waals surface area (Å²) in [6, 6.07) is 13.1. The van der Waals surface area contributed by atoms with E-state index in [0.29, 0.717) is 56.7 Å². The lowest BCUT2D eigenvalue weighted by molar-refractivity contribution is -0.00348. The number of rotatable bonds is 13. The summed E-state index contributed by atoms with van der Waals surface area (Å²) in [7, 11) is 0. The van der Waals surface area contributed by atoms with Crippen molar-refractivity contribution in [1.82, 2.24) is 29.7 Å². The second kappa shape index (κ2) is 21.9. The normalized spacial score (nSPS) is 17.8. The molecule has 2 saturated heterocycles. The molecular weight excluding hydrogens is 861 g/mol. The zero-order valence-corrected chi connectivity index (χ0v) is 44.7. The van der Waals surface area contributed by atoms with Gasteiger partial charge in [0.1, 0.15) is 0 Å². The summed E-state index contributed by atoms with van der Waals surface area (Å²) in [5.41, 5.74) is 11.0. The highest BCUT2D eigenvalue weighted by Gasteiger charge is 2.30. The number of ether oxygens (including phenoxy) is 3. The van der Waals surface area contributed by atoms with Gasteiger partial charge in [0.05, 0.1) is 61.9 Å². The zero-order valence-electron chi connectivity index (χ0n) is 44.7. The van der Waals surface area contributed by atoms with Crippen LogP contribution in [-0.4, -0.2) is 76.0 Å². The van der Waals surface area contributed by atoms with Crippen LogP contribution in [0.4, 0.5) is 0 Å². The average Bonchev–Trinajstić information content (AvgIpc) is 3.77. The first kappa shape index (κ1) is 52.3. The number of aromatic nitrogens is 4. The minimum atomic E-state index is -0.119. The topological polar surface area (TPSA) is 122 Å². The smallest absolute Gasteiger partial charge is 0.253 e. The molecule has 2 aliphatic heterocycles. The lowest BCUT2D eigenvalue weighted by Gasteiger charge is -2.27. The maximum Gasteiger partial charge on any atom is 0.253 e. The molecule has 0 unspecified atom stereocenters. The number of nitrogens with zero attached hydrogens (tertiary/aromatic N) is 4. The van der Waals surface area contributed by atoms with Crippen molar-refractivity contribution in [1.29, 1.82) is 0 Å². The molecular formula is C58H86N6O5. The highest BCUT2D eigenvalue weighted by atomic mass is 16.5. The fraction of sp³-hybridized carbons (Fsp3) is 0.655. The van der Waals surface area contributed by atoms with Crippen LogP contribution in [0, 0.1) is 31.6 Å². The Bertz CT molecular complexity index is 2350. The van der Waals surface area contributed by atoms with Gasteiger partial charge in [-0.25, -0.2) is 4.98 Å². The lowest BCUT2D eigenvalue weighted by Crippen LogP contribution is -2.48. The molecule has 2 aliphatic carbocycles. The average molecular weight is 947 g/mol. The first-order valence-corrected chi connectivity index (χ1v) is 26.4. The highest BCUT2D eigenvalue weighted by Crippen LogP contribution is 2.37. The fourth-order valence-corrected chi connectivity index (χ4v) is 9.93. The molecule has 2 saturated carbocycles. The predicted octanol–water partition coefficient (Wildman–Crippen LogP) is 12.1. The third-order valence-electron chi connectivity index (χ3n) is 14.6. The Balaban J connectivity index is 0.000000204. The number of carbonyl (C=O) groups excluding carboxylic acids is 2. The molecule has 11 nitrogen and oxygen atoms in total. The van der Waals surface area contributed by atoms with Crippen molar-refractivity contribution in [2.45, 2.75) is 196 Å². The van der Waals surface area contributed by atoms with Crippen molar-refractivity contribution in [2.24, 2.45) is 17.8 Å². The number of pyridine rings is 2. The van der Waals surface area contributed by atoms with Gasteiger partial charge < -0.3 is 34.0 Å². The Morgan fingerprint density at radius 3 is 1.32 bits per heavy atom. The standard InChI is InChI=1S/C29H43N3O3.C29H43N3O2/c1-19(2)16-35-27-13-22(12-26(31-27)29(4,5)6)25-14-24(28(33)30-23-17-34-18-23)20(3)32(25)15-21-10-8-7-9-11-21;1-19-23(27(33)30-22-17-34-18-22)15-24(32(19)16-20-11-9-8-10-12-20)21-13-25(28(2,3)4)31-26(14-21)29(5,6)7/h12-14,19,21,23H,7-11,15-18H2,1-6H3,(H,30,33);13-15,20,22H,8-12,16-18H2,1-7H3,(H,30,33).